The molecule has 0 radical (unpaired) electrons. The second kappa shape index (κ2) is 8.84. The third-order valence-corrected chi connectivity index (χ3v) is 5.53. The van der Waals surface area contributed by atoms with Crippen LogP contribution in [0.25, 0.3) is 0 Å². The summed E-state index contributed by atoms with van der Waals surface area (Å²) in [6, 6.07) is 20.2. The van der Waals surface area contributed by atoms with Gasteiger partial charge >= 0.3 is 0 Å². The minimum absolute atomic E-state index is 0.151. The smallest absolute Gasteiger partial charge is 0.265 e. The number of hydrogen-bond acceptors (Lipinski definition) is 4. The number of nitrogens with one attached hydrogen (secondary N) is 1. The Morgan fingerprint density at radius 3 is 2.38 bits per heavy atom. The molecule has 0 aliphatic carbocycles. The number of thiophene rings is 1. The topological polar surface area (TPSA) is 84.5 Å². The van der Waals surface area contributed by atoms with E-state index in [1.165, 1.54) is 18.3 Å². The van der Waals surface area contributed by atoms with Crippen molar-refractivity contribution >= 4 is 34.6 Å². The van der Waals surface area contributed by atoms with E-state index in [0.29, 0.717) is 28.4 Å². The van der Waals surface area contributed by atoms with Gasteiger partial charge in [-0.25, -0.2) is 4.99 Å². The highest BCUT2D eigenvalue weighted by Crippen LogP contribution is 2.36. The first-order valence-corrected chi connectivity index (χ1v) is 10.2. The molecular weight excluding hydrogens is 382 g/mol. The zero-order valence-corrected chi connectivity index (χ0v) is 17.2. The summed E-state index contributed by atoms with van der Waals surface area (Å²) in [6.07, 6.45) is 0.524. The van der Waals surface area contributed by atoms with Crippen LogP contribution >= 0.6 is 11.3 Å². The van der Waals surface area contributed by atoms with Gasteiger partial charge in [0.1, 0.15) is 0 Å². The fraction of sp³-hybridized carbons (Fsp3) is 0.174. The minimum atomic E-state index is -1.27. The molecule has 0 bridgehead atoms. The molecule has 6 heteroatoms. The number of amidine groups is 1. The molecule has 1 amide bonds. The summed E-state index contributed by atoms with van der Waals surface area (Å²) in [6.45, 7) is 3.41. The first-order chi connectivity index (χ1) is 14.0. The van der Waals surface area contributed by atoms with Gasteiger partial charge in [-0.1, -0.05) is 55.5 Å². The fourth-order valence-electron chi connectivity index (χ4n) is 3.18. The quantitative estimate of drug-likeness (QED) is 0.445. The maximum absolute atomic E-state index is 13.0. The number of nitrogens with two attached hydrogens (primary N) is 1. The van der Waals surface area contributed by atoms with Crippen LogP contribution in [0.2, 0.25) is 0 Å². The summed E-state index contributed by atoms with van der Waals surface area (Å²) in [5.41, 5.74) is 6.78. The average Bonchev–Trinajstić information content (AvgIpc) is 3.27. The van der Waals surface area contributed by atoms with E-state index in [1.54, 1.807) is 24.3 Å². The number of carbonyl (C=O) groups excluding carboxylic acids is 2. The van der Waals surface area contributed by atoms with Crippen molar-refractivity contribution in [3.8, 4) is 0 Å². The van der Waals surface area contributed by atoms with Crippen LogP contribution in [0, 0.1) is 0 Å². The van der Waals surface area contributed by atoms with Crippen LogP contribution in [0.3, 0.4) is 0 Å². The molecule has 148 valence electrons. The average molecular weight is 406 g/mol. The normalized spacial score (nSPS) is 13.5. The van der Waals surface area contributed by atoms with Crippen LogP contribution in [-0.4, -0.2) is 17.5 Å². The van der Waals surface area contributed by atoms with Crippen LogP contribution in [0.15, 0.2) is 77.1 Å². The third kappa shape index (κ3) is 4.27. The van der Waals surface area contributed by atoms with Crippen LogP contribution in [0.5, 0.6) is 0 Å². The number of anilines is 1. The standard InChI is InChI=1S/C23H23N3O2S/c1-3-21(24)26-23(16(2)27,17-9-5-4-6-10-17)18-11-7-12-19(15-18)25-22(28)20-13-8-14-29-20/h4-15H,3H2,1-2H3,(H2,24,26)(H,25,28). The number of amides is 1. The number of rotatable bonds is 7. The highest BCUT2D eigenvalue weighted by atomic mass is 32.1. The lowest BCUT2D eigenvalue weighted by molar-refractivity contribution is -0.120. The van der Waals surface area contributed by atoms with Crippen molar-refractivity contribution in [3.63, 3.8) is 0 Å². The van der Waals surface area contributed by atoms with E-state index in [1.807, 2.05) is 54.8 Å². The SMILES string of the molecule is CCC(N)=NC(C(C)=O)(c1ccccc1)c1cccc(NC(=O)c2cccs2)c1. The summed E-state index contributed by atoms with van der Waals surface area (Å²) in [5, 5.41) is 4.75. The van der Waals surface area contributed by atoms with E-state index >= 15 is 0 Å². The van der Waals surface area contributed by atoms with Crippen LogP contribution < -0.4 is 11.1 Å². The van der Waals surface area contributed by atoms with Crippen molar-refractivity contribution in [2.24, 2.45) is 10.7 Å². The first kappa shape index (κ1) is 20.5. The zero-order chi connectivity index (χ0) is 20.9. The number of benzene rings is 2. The summed E-state index contributed by atoms with van der Waals surface area (Å²) < 4.78 is 0. The maximum atomic E-state index is 13.0. The molecule has 29 heavy (non-hydrogen) atoms. The Bertz CT molecular complexity index is 1030. The predicted molar refractivity (Wildman–Crippen MR) is 119 cm³/mol. The van der Waals surface area contributed by atoms with Gasteiger partial charge in [0.15, 0.2) is 11.3 Å². The van der Waals surface area contributed by atoms with E-state index in [9.17, 15) is 9.59 Å². The van der Waals surface area contributed by atoms with E-state index < -0.39 is 5.54 Å². The second-order valence-corrected chi connectivity index (χ2v) is 7.55. The van der Waals surface area contributed by atoms with Gasteiger partial charge < -0.3 is 11.1 Å². The molecule has 2 aromatic carbocycles. The van der Waals surface area contributed by atoms with E-state index in [0.717, 1.165) is 5.56 Å². The third-order valence-electron chi connectivity index (χ3n) is 4.66. The van der Waals surface area contributed by atoms with E-state index in [-0.39, 0.29) is 11.7 Å². The highest BCUT2D eigenvalue weighted by molar-refractivity contribution is 7.12. The Morgan fingerprint density at radius 2 is 1.76 bits per heavy atom. The van der Waals surface area contributed by atoms with Crippen molar-refractivity contribution in [1.29, 1.82) is 0 Å². The fourth-order valence-corrected chi connectivity index (χ4v) is 3.80. The number of nitrogens with zero attached hydrogens (tertiary/aromatic N) is 1. The Morgan fingerprint density at radius 1 is 1.03 bits per heavy atom. The predicted octanol–water partition coefficient (Wildman–Crippen LogP) is 4.60. The van der Waals surface area contributed by atoms with Crippen molar-refractivity contribution < 1.29 is 9.59 Å². The Hall–Kier alpha value is -3.25. The van der Waals surface area contributed by atoms with Crippen molar-refractivity contribution in [2.75, 3.05) is 5.32 Å². The van der Waals surface area contributed by atoms with Crippen LogP contribution in [-0.2, 0) is 10.3 Å². The molecule has 1 heterocycles. The molecular formula is C23H23N3O2S. The van der Waals surface area contributed by atoms with Gasteiger partial charge in [0.2, 0.25) is 0 Å². The second-order valence-electron chi connectivity index (χ2n) is 6.60. The van der Waals surface area contributed by atoms with E-state index in [4.69, 9.17) is 5.73 Å². The molecule has 1 aromatic heterocycles. The summed E-state index contributed by atoms with van der Waals surface area (Å²) in [5.74, 6) is 0.0424. The molecule has 3 N–H and O–H groups in total. The van der Waals surface area contributed by atoms with Crippen molar-refractivity contribution in [2.45, 2.75) is 25.8 Å². The molecule has 3 aromatic rings. The Balaban J connectivity index is 2.11. The molecule has 0 saturated heterocycles. The lowest BCUT2D eigenvalue weighted by atomic mass is 9.80. The molecule has 1 unspecified atom stereocenters. The van der Waals surface area contributed by atoms with Crippen LogP contribution in [0.1, 0.15) is 41.1 Å². The van der Waals surface area contributed by atoms with Crippen molar-refractivity contribution in [3.05, 3.63) is 88.1 Å². The van der Waals surface area contributed by atoms with Gasteiger partial charge in [-0.2, -0.15) is 0 Å². The molecule has 0 aliphatic rings. The first-order valence-electron chi connectivity index (χ1n) is 9.33. The summed E-state index contributed by atoms with van der Waals surface area (Å²) in [7, 11) is 0. The summed E-state index contributed by atoms with van der Waals surface area (Å²) in [4.78, 5) is 30.7. The molecule has 0 aliphatic heterocycles. The largest absolute Gasteiger partial charge is 0.387 e. The van der Waals surface area contributed by atoms with Gasteiger partial charge in [-0.15, -0.1) is 11.3 Å². The van der Waals surface area contributed by atoms with E-state index in [2.05, 4.69) is 10.3 Å². The lowest BCUT2D eigenvalue weighted by Gasteiger charge is -2.29. The molecule has 5 nitrogen and oxygen atoms in total. The summed E-state index contributed by atoms with van der Waals surface area (Å²) >= 11 is 1.37. The van der Waals surface area contributed by atoms with Gasteiger partial charge in [0, 0.05) is 12.1 Å². The molecule has 0 spiro atoms. The molecule has 0 saturated carbocycles. The van der Waals surface area contributed by atoms with Gasteiger partial charge in [-0.3, -0.25) is 9.59 Å². The zero-order valence-electron chi connectivity index (χ0n) is 16.4. The minimum Gasteiger partial charge on any atom is -0.387 e. The van der Waals surface area contributed by atoms with Crippen molar-refractivity contribution in [1.82, 2.24) is 0 Å². The number of Topliss-reactive ketones (excluding diaryl/α,β-unsaturated/α-hetero) is 1. The maximum Gasteiger partial charge on any atom is 0.265 e. The molecule has 3 rings (SSSR count). The number of ketones is 1. The van der Waals surface area contributed by atoms with Gasteiger partial charge in [0.25, 0.3) is 5.91 Å². The molecule has 0 fully saturated rings. The van der Waals surface area contributed by atoms with Gasteiger partial charge in [-0.05, 0) is 41.6 Å². The molecule has 1 atom stereocenters. The number of carbonyl (C=O) groups is 2. The van der Waals surface area contributed by atoms with Crippen LogP contribution in [0.4, 0.5) is 5.69 Å². The highest BCUT2D eigenvalue weighted by Gasteiger charge is 2.39. The number of aliphatic imine (C=N–C) groups is 1. The monoisotopic (exact) mass is 405 g/mol. The number of hydrogen-bond donors (Lipinski definition) is 2. The van der Waals surface area contributed by atoms with Gasteiger partial charge in [0.05, 0.1) is 10.7 Å². The Labute approximate surface area is 174 Å². The Kier molecular flexibility index (Phi) is 6.24. The lowest BCUT2D eigenvalue weighted by Crippen LogP contribution is -2.36.